The highest BCUT2D eigenvalue weighted by molar-refractivity contribution is 7.99. The predicted molar refractivity (Wildman–Crippen MR) is 137 cm³/mol. The first kappa shape index (κ1) is 27.0. The number of nitrogens with two attached hydrogens (primary N) is 2. The van der Waals surface area contributed by atoms with E-state index in [4.69, 9.17) is 38.0 Å². The summed E-state index contributed by atoms with van der Waals surface area (Å²) >= 11 is 7.83. The molecule has 2 aliphatic rings. The topological polar surface area (TPSA) is 153 Å². The predicted octanol–water partition coefficient (Wildman–Crippen LogP) is 3.64. The van der Waals surface area contributed by atoms with E-state index in [-0.39, 0.29) is 11.5 Å². The summed E-state index contributed by atoms with van der Waals surface area (Å²) in [5.74, 6) is -1.50. The minimum atomic E-state index is -5.08. The van der Waals surface area contributed by atoms with Crippen molar-refractivity contribution in [1.82, 2.24) is 29.1 Å². The first-order chi connectivity index (χ1) is 18.5. The van der Waals surface area contributed by atoms with Gasteiger partial charge in [0.25, 0.3) is 0 Å². The van der Waals surface area contributed by atoms with Crippen LogP contribution in [-0.4, -0.2) is 59.5 Å². The summed E-state index contributed by atoms with van der Waals surface area (Å²) in [7, 11) is 0. The highest BCUT2D eigenvalue weighted by Crippen LogP contribution is 2.48. The Morgan fingerprint density at radius 3 is 2.56 bits per heavy atom. The molecule has 2 aliphatic heterocycles. The van der Waals surface area contributed by atoms with Gasteiger partial charge in [-0.25, -0.2) is 19.7 Å². The number of carbonyl (C=O) groups is 1. The highest BCUT2D eigenvalue weighted by Gasteiger charge is 2.47. The van der Waals surface area contributed by atoms with Crippen molar-refractivity contribution < 1.29 is 23.1 Å². The zero-order chi connectivity index (χ0) is 27.9. The molecule has 6 rings (SSSR count). The molecular weight excluding hydrogens is 559 g/mol. The number of alkyl halides is 3. The SMILES string of the molecule is Nc1nccc(Sc2cnc(N3CCC4(CC3)Cn3nccc3[C@H]4N)c3cncn23)c1Cl.O=C(O)C(F)(F)F. The number of fused-ring (bicyclic) bond motifs is 2. The van der Waals surface area contributed by atoms with E-state index in [0.29, 0.717) is 10.8 Å². The van der Waals surface area contributed by atoms with Gasteiger partial charge in [0.05, 0.1) is 29.2 Å². The highest BCUT2D eigenvalue weighted by atomic mass is 35.5. The monoisotopic (exact) mass is 581 g/mol. The van der Waals surface area contributed by atoms with E-state index >= 15 is 0 Å². The summed E-state index contributed by atoms with van der Waals surface area (Å²) in [5.41, 5.74) is 14.7. The van der Waals surface area contributed by atoms with Gasteiger partial charge >= 0.3 is 12.1 Å². The van der Waals surface area contributed by atoms with E-state index in [9.17, 15) is 13.2 Å². The molecule has 0 bridgehead atoms. The Balaban J connectivity index is 0.000000392. The third kappa shape index (κ3) is 5.08. The fraction of sp³-hybridized carbons (Fsp3) is 0.348. The number of halogens is 4. The second-order valence-electron chi connectivity index (χ2n) is 9.22. The number of hydrogen-bond acceptors (Lipinski definition) is 9. The van der Waals surface area contributed by atoms with Crippen molar-refractivity contribution in [1.29, 1.82) is 0 Å². The van der Waals surface area contributed by atoms with Crippen LogP contribution in [0.1, 0.15) is 24.6 Å². The van der Waals surface area contributed by atoms with E-state index in [1.807, 2.05) is 35.1 Å². The Kier molecular flexibility index (Phi) is 7.07. The number of carboxylic acids is 1. The standard InChI is InChI=1S/C21H22ClN9S.C2HF3O2/c22-17-15(2-5-26-19(17)24)32-16-10-27-20(14-9-25-12-30(14)16)29-7-3-21(4-8-29)11-31-13(18(21)23)1-6-28-31;3-2(4,5)1(6)7/h1-2,5-6,9-10,12,18H,3-4,7-8,11,23H2,(H2,24,26);(H,6,7)/t18-;/m1./s1. The van der Waals surface area contributed by atoms with Gasteiger partial charge in [-0.3, -0.25) is 9.08 Å². The van der Waals surface area contributed by atoms with Crippen LogP contribution in [0.5, 0.6) is 0 Å². The van der Waals surface area contributed by atoms with Gasteiger partial charge in [0.15, 0.2) is 5.82 Å². The smallest absolute Gasteiger partial charge is 0.475 e. The molecule has 6 heterocycles. The molecule has 4 aromatic rings. The quantitative estimate of drug-likeness (QED) is 0.327. The first-order valence-electron chi connectivity index (χ1n) is 11.7. The third-order valence-electron chi connectivity index (χ3n) is 6.99. The molecule has 1 fully saturated rings. The zero-order valence-electron chi connectivity index (χ0n) is 20.2. The summed E-state index contributed by atoms with van der Waals surface area (Å²) in [6.07, 6.45) is 5.94. The van der Waals surface area contributed by atoms with Gasteiger partial charge in [0, 0.05) is 42.3 Å². The maximum Gasteiger partial charge on any atom is 0.490 e. The van der Waals surface area contributed by atoms with E-state index in [1.165, 1.54) is 11.8 Å². The van der Waals surface area contributed by atoms with Crippen LogP contribution in [0.4, 0.5) is 24.8 Å². The van der Waals surface area contributed by atoms with Crippen LogP contribution < -0.4 is 16.4 Å². The van der Waals surface area contributed by atoms with Crippen molar-refractivity contribution in [3.63, 3.8) is 0 Å². The molecule has 206 valence electrons. The van der Waals surface area contributed by atoms with Gasteiger partial charge in [0.1, 0.15) is 22.7 Å². The largest absolute Gasteiger partial charge is 0.490 e. The van der Waals surface area contributed by atoms with Crippen LogP contribution in [0, 0.1) is 5.41 Å². The van der Waals surface area contributed by atoms with Gasteiger partial charge in [-0.15, -0.1) is 0 Å². The fourth-order valence-electron chi connectivity index (χ4n) is 4.92. The molecule has 5 N–H and O–H groups in total. The van der Waals surface area contributed by atoms with Crippen LogP contribution in [0.25, 0.3) is 5.52 Å². The first-order valence-corrected chi connectivity index (χ1v) is 12.9. The van der Waals surface area contributed by atoms with Gasteiger partial charge in [-0.05, 0) is 25.0 Å². The Labute approximate surface area is 229 Å². The molecule has 0 saturated carbocycles. The lowest BCUT2D eigenvalue weighted by Gasteiger charge is -2.41. The molecule has 39 heavy (non-hydrogen) atoms. The lowest BCUT2D eigenvalue weighted by molar-refractivity contribution is -0.192. The summed E-state index contributed by atoms with van der Waals surface area (Å²) in [5, 5.41) is 12.9. The van der Waals surface area contributed by atoms with Crippen LogP contribution in [0.3, 0.4) is 0 Å². The molecule has 0 amide bonds. The molecule has 0 radical (unpaired) electrons. The number of anilines is 2. The number of carboxylic acid groups (broad SMARTS) is 1. The lowest BCUT2D eigenvalue weighted by Crippen LogP contribution is -2.45. The number of piperidine rings is 1. The molecule has 0 aromatic carbocycles. The number of pyridine rings is 1. The van der Waals surface area contributed by atoms with E-state index in [1.54, 1.807) is 12.5 Å². The summed E-state index contributed by atoms with van der Waals surface area (Å²) in [4.78, 5) is 25.3. The van der Waals surface area contributed by atoms with Crippen LogP contribution in [-0.2, 0) is 11.3 Å². The second-order valence-corrected chi connectivity index (χ2v) is 10.7. The van der Waals surface area contributed by atoms with Crippen LogP contribution >= 0.6 is 23.4 Å². The Hall–Kier alpha value is -3.56. The van der Waals surface area contributed by atoms with Crippen LogP contribution in [0.2, 0.25) is 5.02 Å². The molecule has 1 spiro atoms. The molecule has 16 heteroatoms. The minimum Gasteiger partial charge on any atom is -0.475 e. The zero-order valence-corrected chi connectivity index (χ0v) is 21.8. The average molecular weight is 582 g/mol. The van der Waals surface area contributed by atoms with Crippen molar-refractivity contribution in [2.24, 2.45) is 11.1 Å². The molecule has 0 aliphatic carbocycles. The number of rotatable bonds is 3. The normalized spacial score (nSPS) is 18.2. The van der Waals surface area contributed by atoms with Crippen LogP contribution in [0.15, 0.2) is 53.2 Å². The average Bonchev–Trinajstić information content (AvgIpc) is 3.61. The number of imidazole rings is 1. The molecule has 0 unspecified atom stereocenters. The molecule has 4 aromatic heterocycles. The van der Waals surface area contributed by atoms with Crippen molar-refractivity contribution >= 4 is 46.5 Å². The molecule has 1 atom stereocenters. The molecular formula is C23H23ClF3N9O2S. The number of aromatic nitrogens is 6. The number of aliphatic carboxylic acids is 1. The Morgan fingerprint density at radius 1 is 1.18 bits per heavy atom. The van der Waals surface area contributed by atoms with Gasteiger partial charge < -0.3 is 21.5 Å². The molecule has 11 nitrogen and oxygen atoms in total. The lowest BCUT2D eigenvalue weighted by atomic mass is 9.73. The second kappa shape index (κ2) is 10.2. The van der Waals surface area contributed by atoms with E-state index in [2.05, 4.69) is 24.6 Å². The van der Waals surface area contributed by atoms with Gasteiger partial charge in [0.2, 0.25) is 0 Å². The summed E-state index contributed by atoms with van der Waals surface area (Å²) in [6.45, 7) is 2.68. The van der Waals surface area contributed by atoms with Crippen molar-refractivity contribution in [2.45, 2.75) is 41.5 Å². The van der Waals surface area contributed by atoms with Crippen molar-refractivity contribution in [3.8, 4) is 0 Å². The minimum absolute atomic E-state index is 0.0337. The number of nitrogens with zero attached hydrogens (tertiary/aromatic N) is 7. The van der Waals surface area contributed by atoms with Crippen molar-refractivity contribution in [2.75, 3.05) is 23.7 Å². The maximum absolute atomic E-state index is 10.6. The number of hydrogen-bond donors (Lipinski definition) is 3. The van der Waals surface area contributed by atoms with E-state index < -0.39 is 12.1 Å². The van der Waals surface area contributed by atoms with Gasteiger partial charge in [-0.2, -0.15) is 18.3 Å². The number of nitrogen functional groups attached to an aromatic ring is 1. The molecule has 1 saturated heterocycles. The van der Waals surface area contributed by atoms with Gasteiger partial charge in [-0.1, -0.05) is 23.4 Å². The maximum atomic E-state index is 10.6. The summed E-state index contributed by atoms with van der Waals surface area (Å²) in [6, 6.07) is 3.92. The fourth-order valence-corrected chi connectivity index (χ4v) is 6.04. The summed E-state index contributed by atoms with van der Waals surface area (Å²) < 4.78 is 35.8. The third-order valence-corrected chi connectivity index (χ3v) is 8.57. The Bertz CT molecular complexity index is 1520. The Morgan fingerprint density at radius 2 is 1.90 bits per heavy atom. The van der Waals surface area contributed by atoms with E-state index in [0.717, 1.165) is 59.4 Å². The van der Waals surface area contributed by atoms with Crippen molar-refractivity contribution in [3.05, 3.63) is 54.0 Å².